The molecule has 0 bridgehead atoms. The highest BCUT2D eigenvalue weighted by Crippen LogP contribution is 2.35. The molecule has 2 atom stereocenters. The highest BCUT2D eigenvalue weighted by molar-refractivity contribution is 5.87. The lowest BCUT2D eigenvalue weighted by molar-refractivity contribution is -0.127. The van der Waals surface area contributed by atoms with Gasteiger partial charge in [-0.3, -0.25) is 4.79 Å². The van der Waals surface area contributed by atoms with E-state index in [-0.39, 0.29) is 35.0 Å². The quantitative estimate of drug-likeness (QED) is 0.428. The lowest BCUT2D eigenvalue weighted by Crippen LogP contribution is -2.37. The molecule has 0 radical (unpaired) electrons. The third-order valence-electron chi connectivity index (χ3n) is 6.06. The number of likely N-dealkylation sites (tertiary alicyclic amines) is 1. The molecule has 0 spiro atoms. The number of halogens is 1. The molecule has 0 unspecified atom stereocenters. The van der Waals surface area contributed by atoms with Crippen molar-refractivity contribution in [2.45, 2.75) is 18.4 Å². The van der Waals surface area contributed by atoms with Crippen LogP contribution in [0.1, 0.15) is 29.2 Å². The topological polar surface area (TPSA) is 104 Å². The van der Waals surface area contributed by atoms with Crippen LogP contribution in [0.2, 0.25) is 0 Å². The number of ether oxygens (including phenoxy) is 3. The predicted molar refractivity (Wildman–Crippen MR) is 128 cm³/mol. The van der Waals surface area contributed by atoms with Crippen LogP contribution in [0.3, 0.4) is 0 Å². The van der Waals surface area contributed by atoms with Crippen LogP contribution in [-0.2, 0) is 9.53 Å². The van der Waals surface area contributed by atoms with Gasteiger partial charge in [0.25, 0.3) is 0 Å². The number of methoxy groups -OCH3 is 3. The van der Waals surface area contributed by atoms with E-state index in [9.17, 15) is 9.18 Å². The summed E-state index contributed by atoms with van der Waals surface area (Å²) in [6.07, 6.45) is 3.33. The first-order chi connectivity index (χ1) is 16.9. The van der Waals surface area contributed by atoms with Gasteiger partial charge in [-0.2, -0.15) is 5.10 Å². The van der Waals surface area contributed by atoms with Crippen molar-refractivity contribution in [3.63, 3.8) is 0 Å². The van der Waals surface area contributed by atoms with Gasteiger partial charge >= 0.3 is 0 Å². The van der Waals surface area contributed by atoms with Crippen LogP contribution in [0, 0.1) is 17.7 Å². The average molecular weight is 480 g/mol. The number of carbonyl (C=O) groups is 1. The minimum absolute atomic E-state index is 0.0287. The van der Waals surface area contributed by atoms with Gasteiger partial charge in [0.1, 0.15) is 17.6 Å². The number of hydrogen-bond acceptors (Lipinski definition) is 7. The van der Waals surface area contributed by atoms with Gasteiger partial charge in [0.05, 0.1) is 38.0 Å². The number of nitrogens with zero attached hydrogens (tertiary/aromatic N) is 4. The molecule has 4 rings (SSSR count). The number of hydrogen-bond donors (Lipinski definition) is 1. The van der Waals surface area contributed by atoms with Crippen molar-refractivity contribution in [1.29, 1.82) is 0 Å². The summed E-state index contributed by atoms with van der Waals surface area (Å²) in [7, 11) is 4.46. The number of nitrogen functional groups attached to an aromatic ring is 1. The van der Waals surface area contributed by atoms with Crippen LogP contribution in [0.15, 0.2) is 37.2 Å². The first-order valence-corrected chi connectivity index (χ1v) is 10.9. The second kappa shape index (κ2) is 10.0. The molecule has 3 aromatic rings. The number of carbonyl (C=O) groups excluding carboxylic acids is 1. The number of rotatable bonds is 6. The van der Waals surface area contributed by atoms with Crippen LogP contribution in [0.4, 0.5) is 10.2 Å². The van der Waals surface area contributed by atoms with Gasteiger partial charge in [0.2, 0.25) is 5.91 Å². The molecule has 1 aliphatic rings. The molecule has 1 amide bonds. The van der Waals surface area contributed by atoms with E-state index in [2.05, 4.69) is 28.5 Å². The maximum absolute atomic E-state index is 14.8. The highest BCUT2D eigenvalue weighted by Gasteiger charge is 2.37. The zero-order valence-electron chi connectivity index (χ0n) is 19.7. The Bertz CT molecular complexity index is 1340. The van der Waals surface area contributed by atoms with E-state index in [0.29, 0.717) is 36.4 Å². The number of benzene rings is 1. The van der Waals surface area contributed by atoms with Crippen molar-refractivity contribution in [3.8, 4) is 23.3 Å². The van der Waals surface area contributed by atoms with E-state index < -0.39 is 5.82 Å². The summed E-state index contributed by atoms with van der Waals surface area (Å²) >= 11 is 0. The molecule has 2 aromatic heterocycles. The number of anilines is 1. The van der Waals surface area contributed by atoms with Crippen molar-refractivity contribution >= 4 is 17.2 Å². The maximum Gasteiger partial charge on any atom is 0.246 e. The van der Waals surface area contributed by atoms with E-state index in [1.54, 1.807) is 16.5 Å². The Balaban J connectivity index is 1.79. The van der Waals surface area contributed by atoms with Crippen LogP contribution in [0.25, 0.3) is 5.52 Å². The van der Waals surface area contributed by atoms with Crippen LogP contribution in [0.5, 0.6) is 11.5 Å². The molecule has 182 valence electrons. The Morgan fingerprint density at radius 2 is 2.03 bits per heavy atom. The average Bonchev–Trinajstić information content (AvgIpc) is 3.45. The molecule has 2 N–H and O–H groups in total. The minimum atomic E-state index is -0.592. The van der Waals surface area contributed by atoms with E-state index in [1.165, 1.54) is 38.8 Å². The summed E-state index contributed by atoms with van der Waals surface area (Å²) < 4.78 is 32.1. The smallest absolute Gasteiger partial charge is 0.246 e. The number of amides is 1. The number of nitrogens with two attached hydrogens (primary N) is 1. The van der Waals surface area contributed by atoms with E-state index >= 15 is 0 Å². The zero-order chi connectivity index (χ0) is 25.1. The zero-order valence-corrected chi connectivity index (χ0v) is 19.7. The van der Waals surface area contributed by atoms with Gasteiger partial charge in [-0.15, -0.1) is 0 Å². The van der Waals surface area contributed by atoms with Crippen molar-refractivity contribution < 1.29 is 23.4 Å². The molecule has 0 aliphatic carbocycles. The summed E-state index contributed by atoms with van der Waals surface area (Å²) in [5, 5.41) is 4.38. The van der Waals surface area contributed by atoms with Gasteiger partial charge in [0.15, 0.2) is 17.4 Å². The van der Waals surface area contributed by atoms with Gasteiger partial charge in [-0.1, -0.05) is 18.4 Å². The molecule has 1 fully saturated rings. The fraction of sp³-hybridized carbons (Fsp3) is 0.320. The van der Waals surface area contributed by atoms with E-state index in [1.807, 2.05) is 6.07 Å². The van der Waals surface area contributed by atoms with Crippen LogP contribution >= 0.6 is 0 Å². The molecule has 1 saturated heterocycles. The maximum atomic E-state index is 14.8. The summed E-state index contributed by atoms with van der Waals surface area (Å²) in [6, 6.07) is 4.70. The van der Waals surface area contributed by atoms with Crippen molar-refractivity contribution in [1.82, 2.24) is 19.5 Å². The summed E-state index contributed by atoms with van der Waals surface area (Å²) in [5.74, 6) is 5.75. The lowest BCUT2D eigenvalue weighted by atomic mass is 10.0. The van der Waals surface area contributed by atoms with E-state index in [4.69, 9.17) is 19.9 Å². The molecule has 0 saturated carbocycles. The molecule has 3 heterocycles. The summed E-state index contributed by atoms with van der Waals surface area (Å²) in [5.41, 5.74) is 8.17. The third kappa shape index (κ3) is 4.50. The summed E-state index contributed by atoms with van der Waals surface area (Å²) in [6.45, 7) is 4.47. The molecular weight excluding hydrogens is 453 g/mol. The van der Waals surface area contributed by atoms with Gasteiger partial charge in [-0.25, -0.2) is 13.9 Å². The number of aromatic nitrogens is 3. The van der Waals surface area contributed by atoms with Crippen molar-refractivity contribution in [2.75, 3.05) is 40.2 Å². The molecular formula is C25H26FN5O4. The molecule has 1 aliphatic heterocycles. The van der Waals surface area contributed by atoms with Gasteiger partial charge in [-0.05, 0) is 24.6 Å². The lowest BCUT2D eigenvalue weighted by Gasteiger charge is -2.22. The van der Waals surface area contributed by atoms with Gasteiger partial charge < -0.3 is 24.8 Å². The van der Waals surface area contributed by atoms with Crippen LogP contribution in [-0.4, -0.2) is 65.9 Å². The van der Waals surface area contributed by atoms with E-state index in [0.717, 1.165) is 5.69 Å². The molecule has 1 aromatic carbocycles. The Labute approximate surface area is 202 Å². The van der Waals surface area contributed by atoms with Crippen molar-refractivity contribution in [2.24, 2.45) is 0 Å². The second-order valence-electron chi connectivity index (χ2n) is 8.07. The Hall–Kier alpha value is -4.10. The highest BCUT2D eigenvalue weighted by atomic mass is 19.1. The van der Waals surface area contributed by atoms with Gasteiger partial charge in [0, 0.05) is 31.3 Å². The Morgan fingerprint density at radius 3 is 2.71 bits per heavy atom. The monoisotopic (exact) mass is 479 g/mol. The summed E-state index contributed by atoms with van der Waals surface area (Å²) in [4.78, 5) is 18.3. The second-order valence-corrected chi connectivity index (χ2v) is 8.07. The normalized spacial score (nSPS) is 17.2. The number of fused-ring (bicyclic) bond motifs is 1. The third-order valence-corrected chi connectivity index (χ3v) is 6.06. The molecule has 10 heteroatoms. The SMILES string of the molecule is C=CC(=O)N1C[C@H](c2cc(C#Cc3cc(OC)cc(OC)c3F)c3c(N)ncnn23)C[C@@H]1COC. The first kappa shape index (κ1) is 24.0. The molecule has 35 heavy (non-hydrogen) atoms. The van der Waals surface area contributed by atoms with Crippen LogP contribution < -0.4 is 15.2 Å². The minimum Gasteiger partial charge on any atom is -0.497 e. The Kier molecular flexibility index (Phi) is 6.89. The Morgan fingerprint density at radius 1 is 1.26 bits per heavy atom. The largest absolute Gasteiger partial charge is 0.497 e. The predicted octanol–water partition coefficient (Wildman–Crippen LogP) is 2.38. The first-order valence-electron chi connectivity index (χ1n) is 10.9. The fourth-order valence-corrected chi connectivity index (χ4v) is 4.41. The standard InChI is InChI=1S/C25H26FN5O4/c1-5-22(32)30-12-17(8-18(30)13-33-2)20-10-16(24-25(27)28-14-29-31(20)24)7-6-15-9-19(34-3)11-21(35-4)23(15)26/h5,9-11,14,17-18H,1,8,12-13H2,2-4H3,(H2,27,28,29)/t17-,18-/m1/s1. The van der Waals surface area contributed by atoms with Crippen molar-refractivity contribution in [3.05, 3.63) is 59.8 Å². The molecule has 9 nitrogen and oxygen atoms in total. The fourth-order valence-electron chi connectivity index (χ4n) is 4.41.